The van der Waals surface area contributed by atoms with Crippen LogP contribution in [0.3, 0.4) is 0 Å². The Balaban J connectivity index is 1.59. The average Bonchev–Trinajstić information content (AvgIpc) is 2.73. The maximum Gasteiger partial charge on any atom is 0.255 e. The van der Waals surface area contributed by atoms with E-state index in [1.54, 1.807) is 0 Å². The molecule has 30 heavy (non-hydrogen) atoms. The van der Waals surface area contributed by atoms with E-state index < -0.39 is 0 Å². The largest absolute Gasteiger partial charge is 0.507 e. The molecule has 0 atom stereocenters. The first-order valence-electron chi connectivity index (χ1n) is 10.0. The zero-order valence-electron chi connectivity index (χ0n) is 17.0. The fourth-order valence-electron chi connectivity index (χ4n) is 3.61. The van der Waals surface area contributed by atoms with Crippen molar-refractivity contribution in [2.24, 2.45) is 0 Å². The maximum atomic E-state index is 12.8. The molecule has 1 heterocycles. The van der Waals surface area contributed by atoms with Gasteiger partial charge in [0.1, 0.15) is 18.1 Å². The van der Waals surface area contributed by atoms with E-state index in [0.717, 1.165) is 37.1 Å². The lowest BCUT2D eigenvalue weighted by atomic mass is 10.0. The molecular formula is C22H28ClN3O4. The molecule has 3 rings (SSSR count). The highest BCUT2D eigenvalue weighted by molar-refractivity contribution is 6.33. The van der Waals surface area contributed by atoms with Crippen molar-refractivity contribution >= 4 is 23.2 Å². The number of nitrogen functional groups attached to an aromatic ring is 1. The van der Waals surface area contributed by atoms with Gasteiger partial charge in [-0.3, -0.25) is 9.69 Å². The summed E-state index contributed by atoms with van der Waals surface area (Å²) in [6.45, 7) is 4.09. The van der Waals surface area contributed by atoms with Gasteiger partial charge in [-0.05, 0) is 31.4 Å². The molecule has 1 aliphatic rings. The molecule has 0 bridgehead atoms. The van der Waals surface area contributed by atoms with Crippen LogP contribution < -0.4 is 15.8 Å². The molecule has 5 N–H and O–H groups in total. The van der Waals surface area contributed by atoms with Crippen molar-refractivity contribution < 1.29 is 19.7 Å². The number of anilines is 1. The molecule has 0 aromatic heterocycles. The fraction of sp³-hybridized carbons (Fsp3) is 0.409. The Bertz CT molecular complexity index is 898. The van der Waals surface area contributed by atoms with Crippen LogP contribution in [0.5, 0.6) is 11.5 Å². The average molecular weight is 434 g/mol. The lowest BCUT2D eigenvalue weighted by Gasteiger charge is -2.32. The van der Waals surface area contributed by atoms with Gasteiger partial charge in [0.15, 0.2) is 0 Å². The third kappa shape index (κ3) is 5.36. The zero-order valence-corrected chi connectivity index (χ0v) is 17.8. The Morgan fingerprint density at radius 3 is 2.77 bits per heavy atom. The van der Waals surface area contributed by atoms with Crippen LogP contribution in [0.4, 0.5) is 5.69 Å². The van der Waals surface area contributed by atoms with Crippen molar-refractivity contribution in [2.75, 3.05) is 32.0 Å². The third-order valence-electron chi connectivity index (χ3n) is 5.33. The molecule has 162 valence electrons. The molecule has 1 saturated heterocycles. The second kappa shape index (κ2) is 10.0. The number of ether oxygens (including phenoxy) is 1. The predicted molar refractivity (Wildman–Crippen MR) is 117 cm³/mol. The molecule has 8 heteroatoms. The maximum absolute atomic E-state index is 12.8. The number of phenolic OH excluding ortho intramolecular Hbond substituents is 1. The Hall–Kier alpha value is -2.48. The highest BCUT2D eigenvalue weighted by atomic mass is 35.5. The molecule has 0 saturated carbocycles. The SMILES string of the molecule is Cc1cccc(CN2CCC(NC(=O)c3cc(Cl)c(N)cc3OCCO)CC2)c1O. The smallest absolute Gasteiger partial charge is 0.255 e. The number of aryl methyl sites for hydroxylation is 1. The molecule has 0 unspecified atom stereocenters. The van der Waals surface area contributed by atoms with Gasteiger partial charge in [0.2, 0.25) is 0 Å². The summed E-state index contributed by atoms with van der Waals surface area (Å²) in [6, 6.07) is 8.81. The minimum Gasteiger partial charge on any atom is -0.507 e. The highest BCUT2D eigenvalue weighted by Gasteiger charge is 2.24. The molecule has 1 aliphatic heterocycles. The topological polar surface area (TPSA) is 108 Å². The number of carbonyl (C=O) groups is 1. The standard InChI is InChI=1S/C22H28ClN3O4/c1-14-3-2-4-15(21(14)28)13-26-7-5-16(6-8-26)25-22(29)17-11-18(23)19(24)12-20(17)30-10-9-27/h2-4,11-12,16,27-28H,5-10,13,24H2,1H3,(H,25,29). The van der Waals surface area contributed by atoms with Crippen molar-refractivity contribution in [1.29, 1.82) is 0 Å². The number of nitrogens with two attached hydrogens (primary N) is 1. The molecule has 0 spiro atoms. The molecule has 7 nitrogen and oxygen atoms in total. The summed E-state index contributed by atoms with van der Waals surface area (Å²) < 4.78 is 5.46. The van der Waals surface area contributed by atoms with Crippen molar-refractivity contribution in [3.8, 4) is 11.5 Å². The number of rotatable bonds is 7. The van der Waals surface area contributed by atoms with E-state index in [2.05, 4.69) is 10.2 Å². The van der Waals surface area contributed by atoms with E-state index in [9.17, 15) is 9.90 Å². The van der Waals surface area contributed by atoms with Gasteiger partial charge >= 0.3 is 0 Å². The Labute approximate surface area is 181 Å². The van der Waals surface area contributed by atoms with Crippen LogP contribution in [0.15, 0.2) is 30.3 Å². The Morgan fingerprint density at radius 2 is 2.07 bits per heavy atom. The summed E-state index contributed by atoms with van der Waals surface area (Å²) in [4.78, 5) is 15.1. The number of hydrogen-bond donors (Lipinski definition) is 4. The molecule has 2 aromatic carbocycles. The van der Waals surface area contributed by atoms with Crippen LogP contribution >= 0.6 is 11.6 Å². The Morgan fingerprint density at radius 1 is 1.33 bits per heavy atom. The summed E-state index contributed by atoms with van der Waals surface area (Å²) in [5.74, 6) is 0.374. The monoisotopic (exact) mass is 433 g/mol. The number of carbonyl (C=O) groups excluding carboxylic acids is 1. The van der Waals surface area contributed by atoms with E-state index >= 15 is 0 Å². The van der Waals surface area contributed by atoms with Crippen LogP contribution in [0.2, 0.25) is 5.02 Å². The number of benzene rings is 2. The number of para-hydroxylation sites is 1. The predicted octanol–water partition coefficient (Wildman–Crippen LogP) is 2.70. The summed E-state index contributed by atoms with van der Waals surface area (Å²) in [5.41, 5.74) is 8.22. The summed E-state index contributed by atoms with van der Waals surface area (Å²) in [6.07, 6.45) is 1.60. The second-order valence-corrected chi connectivity index (χ2v) is 7.96. The van der Waals surface area contributed by atoms with Crippen LogP contribution in [0.25, 0.3) is 0 Å². The number of phenols is 1. The van der Waals surface area contributed by atoms with Crippen molar-refractivity contribution in [1.82, 2.24) is 10.2 Å². The van der Waals surface area contributed by atoms with Gasteiger partial charge < -0.3 is 26.0 Å². The summed E-state index contributed by atoms with van der Waals surface area (Å²) >= 11 is 6.09. The van der Waals surface area contributed by atoms with Gasteiger partial charge in [0, 0.05) is 37.3 Å². The van der Waals surface area contributed by atoms with E-state index in [1.807, 2.05) is 25.1 Å². The number of aliphatic hydroxyl groups is 1. The molecule has 1 fully saturated rings. The van der Waals surface area contributed by atoms with Crippen LogP contribution in [-0.4, -0.2) is 53.4 Å². The number of likely N-dealkylation sites (tertiary alicyclic amines) is 1. The number of piperidine rings is 1. The molecule has 2 aromatic rings. The van der Waals surface area contributed by atoms with E-state index in [1.165, 1.54) is 12.1 Å². The quantitative estimate of drug-likeness (QED) is 0.500. The highest BCUT2D eigenvalue weighted by Crippen LogP contribution is 2.29. The minimum absolute atomic E-state index is 0.0295. The number of halogens is 1. The number of aromatic hydroxyl groups is 1. The van der Waals surface area contributed by atoms with Gasteiger partial charge in [-0.1, -0.05) is 29.8 Å². The van der Waals surface area contributed by atoms with Crippen LogP contribution in [0.1, 0.15) is 34.3 Å². The van der Waals surface area contributed by atoms with Gasteiger partial charge in [0.05, 0.1) is 22.9 Å². The van der Waals surface area contributed by atoms with Crippen LogP contribution in [0, 0.1) is 6.92 Å². The number of amides is 1. The first kappa shape index (κ1) is 22.2. The normalized spacial score (nSPS) is 15.2. The van der Waals surface area contributed by atoms with Gasteiger partial charge in [-0.25, -0.2) is 0 Å². The number of aliphatic hydroxyl groups excluding tert-OH is 1. The van der Waals surface area contributed by atoms with Gasteiger partial charge in [-0.2, -0.15) is 0 Å². The minimum atomic E-state index is -0.278. The third-order valence-corrected chi connectivity index (χ3v) is 5.66. The molecule has 0 aliphatic carbocycles. The lowest BCUT2D eigenvalue weighted by Crippen LogP contribution is -2.44. The first-order chi connectivity index (χ1) is 14.4. The second-order valence-electron chi connectivity index (χ2n) is 7.55. The van der Waals surface area contributed by atoms with Crippen molar-refractivity contribution in [3.05, 3.63) is 52.0 Å². The van der Waals surface area contributed by atoms with Crippen molar-refractivity contribution in [2.45, 2.75) is 32.4 Å². The van der Waals surface area contributed by atoms with Crippen LogP contribution in [-0.2, 0) is 6.54 Å². The number of nitrogens with zero attached hydrogens (tertiary/aromatic N) is 1. The molecule has 1 amide bonds. The van der Waals surface area contributed by atoms with Crippen molar-refractivity contribution in [3.63, 3.8) is 0 Å². The fourth-order valence-corrected chi connectivity index (χ4v) is 3.77. The van der Waals surface area contributed by atoms with E-state index in [-0.39, 0.29) is 30.2 Å². The van der Waals surface area contributed by atoms with E-state index in [4.69, 9.17) is 27.2 Å². The molecular weight excluding hydrogens is 406 g/mol. The Kier molecular flexibility index (Phi) is 7.42. The summed E-state index contributed by atoms with van der Waals surface area (Å²) in [7, 11) is 0. The first-order valence-corrected chi connectivity index (χ1v) is 10.4. The number of hydrogen-bond acceptors (Lipinski definition) is 6. The van der Waals surface area contributed by atoms with Gasteiger partial charge in [-0.15, -0.1) is 0 Å². The lowest BCUT2D eigenvalue weighted by molar-refractivity contribution is 0.0903. The molecule has 0 radical (unpaired) electrons. The van der Waals surface area contributed by atoms with E-state index in [0.29, 0.717) is 29.3 Å². The van der Waals surface area contributed by atoms with Gasteiger partial charge in [0.25, 0.3) is 5.91 Å². The zero-order chi connectivity index (χ0) is 21.7. The summed E-state index contributed by atoms with van der Waals surface area (Å²) in [5, 5.41) is 22.6. The number of nitrogens with one attached hydrogen (secondary N) is 1.